The number of hydrogen-bond acceptors (Lipinski definition) is 4. The largest absolute Gasteiger partial charge is 0.396 e. The molecule has 2 heterocycles. The summed E-state index contributed by atoms with van der Waals surface area (Å²) in [5, 5.41) is 10.2. The van der Waals surface area contributed by atoms with Crippen molar-refractivity contribution in [3.8, 4) is 0 Å². The average molecular weight is 405 g/mol. The van der Waals surface area contributed by atoms with E-state index in [-0.39, 0.29) is 18.1 Å². The molecule has 0 atom stereocenters. The Kier molecular flexibility index (Phi) is 6.31. The third-order valence-corrected chi connectivity index (χ3v) is 5.24. The first-order chi connectivity index (χ1) is 13.4. The molecule has 0 saturated carbocycles. The third kappa shape index (κ3) is 4.69. The second kappa shape index (κ2) is 8.70. The van der Waals surface area contributed by atoms with Crippen molar-refractivity contribution in [2.24, 2.45) is 0 Å². The highest BCUT2D eigenvalue weighted by Crippen LogP contribution is 2.36. The number of aromatic nitrogens is 3. The predicted molar refractivity (Wildman–Crippen MR) is 104 cm³/mol. The molecular formula is C20H21F2N3O2S. The van der Waals surface area contributed by atoms with Crippen molar-refractivity contribution in [3.05, 3.63) is 75.6 Å². The number of aliphatic hydroxyl groups is 1. The quantitative estimate of drug-likeness (QED) is 0.629. The lowest BCUT2D eigenvalue weighted by atomic mass is 10.1. The van der Waals surface area contributed by atoms with Crippen LogP contribution in [-0.4, -0.2) is 26.2 Å². The molecule has 0 spiro atoms. The summed E-state index contributed by atoms with van der Waals surface area (Å²) in [5.41, 5.74) is 1.44. The smallest absolute Gasteiger partial charge is 0.247 e. The number of pyridine rings is 1. The zero-order valence-corrected chi connectivity index (χ0v) is 16.4. The molecule has 0 amide bonds. The molecule has 148 valence electrons. The zero-order valence-electron chi connectivity index (χ0n) is 15.6. The first kappa shape index (κ1) is 20.3. The molecule has 3 rings (SSSR count). The van der Waals surface area contributed by atoms with Gasteiger partial charge in [-0.3, -0.25) is 4.79 Å². The SMILES string of the molecule is CC(C)c1nc(CCO)n(Cc2ccc(=O)[nH]c2)c1Sc1cc(F)cc(F)c1. The molecule has 0 aliphatic carbocycles. The second-order valence-electron chi connectivity index (χ2n) is 6.70. The van der Waals surface area contributed by atoms with E-state index in [1.54, 1.807) is 12.3 Å². The number of rotatable bonds is 7. The van der Waals surface area contributed by atoms with E-state index >= 15 is 0 Å². The summed E-state index contributed by atoms with van der Waals surface area (Å²) in [4.78, 5) is 19.1. The molecule has 0 radical (unpaired) electrons. The highest BCUT2D eigenvalue weighted by molar-refractivity contribution is 7.99. The van der Waals surface area contributed by atoms with Gasteiger partial charge < -0.3 is 14.7 Å². The number of hydrogen-bond donors (Lipinski definition) is 2. The zero-order chi connectivity index (χ0) is 20.3. The number of aliphatic hydroxyl groups excluding tert-OH is 1. The van der Waals surface area contributed by atoms with Crippen molar-refractivity contribution in [1.82, 2.24) is 14.5 Å². The summed E-state index contributed by atoms with van der Waals surface area (Å²) >= 11 is 1.23. The fourth-order valence-electron chi connectivity index (χ4n) is 2.86. The molecule has 1 aromatic carbocycles. The van der Waals surface area contributed by atoms with Gasteiger partial charge in [-0.25, -0.2) is 13.8 Å². The van der Waals surface area contributed by atoms with Gasteiger partial charge in [-0.2, -0.15) is 0 Å². The Hall–Kier alpha value is -2.45. The third-order valence-electron chi connectivity index (χ3n) is 4.15. The van der Waals surface area contributed by atoms with Gasteiger partial charge in [0.2, 0.25) is 5.56 Å². The van der Waals surface area contributed by atoms with Crippen molar-refractivity contribution in [2.45, 2.75) is 42.7 Å². The van der Waals surface area contributed by atoms with Crippen LogP contribution in [0.5, 0.6) is 0 Å². The number of H-pyrrole nitrogens is 1. The van der Waals surface area contributed by atoms with Gasteiger partial charge in [-0.1, -0.05) is 31.7 Å². The summed E-state index contributed by atoms with van der Waals surface area (Å²) in [6, 6.07) is 6.55. The molecule has 8 heteroatoms. The lowest BCUT2D eigenvalue weighted by Gasteiger charge is -2.13. The van der Waals surface area contributed by atoms with Crippen molar-refractivity contribution in [1.29, 1.82) is 0 Å². The van der Waals surface area contributed by atoms with Crippen molar-refractivity contribution in [3.63, 3.8) is 0 Å². The summed E-state index contributed by atoms with van der Waals surface area (Å²) in [5.74, 6) is -0.529. The Morgan fingerprint density at radius 3 is 2.50 bits per heavy atom. The highest BCUT2D eigenvalue weighted by atomic mass is 32.2. The fourth-order valence-corrected chi connectivity index (χ4v) is 4.10. The van der Waals surface area contributed by atoms with Crippen molar-refractivity contribution in [2.75, 3.05) is 6.61 Å². The van der Waals surface area contributed by atoms with E-state index in [0.717, 1.165) is 22.3 Å². The van der Waals surface area contributed by atoms with Gasteiger partial charge in [0, 0.05) is 29.6 Å². The van der Waals surface area contributed by atoms with E-state index < -0.39 is 11.6 Å². The van der Waals surface area contributed by atoms with E-state index in [2.05, 4.69) is 9.97 Å². The number of nitrogens with zero attached hydrogens (tertiary/aromatic N) is 2. The van der Waals surface area contributed by atoms with Gasteiger partial charge in [0.1, 0.15) is 22.5 Å². The van der Waals surface area contributed by atoms with Gasteiger partial charge in [0.25, 0.3) is 0 Å². The van der Waals surface area contributed by atoms with Crippen LogP contribution in [0.4, 0.5) is 8.78 Å². The molecule has 0 aliphatic rings. The summed E-state index contributed by atoms with van der Waals surface area (Å²) < 4.78 is 29.2. The Bertz CT molecular complexity index is 990. The number of halogens is 2. The maximum atomic E-state index is 13.7. The maximum Gasteiger partial charge on any atom is 0.247 e. The van der Waals surface area contributed by atoms with Gasteiger partial charge in [0.05, 0.1) is 18.8 Å². The number of imidazole rings is 1. The van der Waals surface area contributed by atoms with Crippen molar-refractivity contribution >= 4 is 11.8 Å². The average Bonchev–Trinajstić information content (AvgIpc) is 2.94. The lowest BCUT2D eigenvalue weighted by Crippen LogP contribution is -2.10. The van der Waals surface area contributed by atoms with Crippen LogP contribution in [0.15, 0.2) is 51.2 Å². The van der Waals surface area contributed by atoms with Crippen LogP contribution in [0.3, 0.4) is 0 Å². The molecule has 3 aromatic rings. The molecule has 0 unspecified atom stereocenters. The molecule has 5 nitrogen and oxygen atoms in total. The van der Waals surface area contributed by atoms with Crippen LogP contribution in [0, 0.1) is 11.6 Å². The number of aromatic amines is 1. The monoisotopic (exact) mass is 405 g/mol. The number of nitrogens with one attached hydrogen (secondary N) is 1. The molecule has 0 aliphatic heterocycles. The molecular weight excluding hydrogens is 384 g/mol. The van der Waals surface area contributed by atoms with E-state index in [0.29, 0.717) is 23.7 Å². The van der Waals surface area contributed by atoms with Crippen LogP contribution < -0.4 is 5.56 Å². The standard InChI is InChI=1S/C20H21F2N3O2S/c1-12(2)19-20(28-16-8-14(21)7-15(22)9-16)25(17(24-19)5-6-26)11-13-3-4-18(27)23-10-13/h3-4,7-10,12,26H,5-6,11H2,1-2H3,(H,23,27). The van der Waals surface area contributed by atoms with E-state index in [1.807, 2.05) is 18.4 Å². The van der Waals surface area contributed by atoms with Gasteiger partial charge >= 0.3 is 0 Å². The molecule has 2 N–H and O–H groups in total. The molecule has 28 heavy (non-hydrogen) atoms. The Morgan fingerprint density at radius 1 is 1.21 bits per heavy atom. The molecule has 0 saturated heterocycles. The maximum absolute atomic E-state index is 13.7. The summed E-state index contributed by atoms with van der Waals surface area (Å²) in [6.45, 7) is 4.32. The van der Waals surface area contributed by atoms with Gasteiger partial charge in [-0.05, 0) is 23.6 Å². The normalized spacial score (nSPS) is 11.4. The van der Waals surface area contributed by atoms with E-state index in [4.69, 9.17) is 0 Å². The van der Waals surface area contributed by atoms with Crippen LogP contribution in [0.25, 0.3) is 0 Å². The summed E-state index contributed by atoms with van der Waals surface area (Å²) in [6.07, 6.45) is 1.97. The van der Waals surface area contributed by atoms with Crippen LogP contribution in [-0.2, 0) is 13.0 Å². The van der Waals surface area contributed by atoms with Crippen LogP contribution in [0.1, 0.15) is 36.8 Å². The lowest BCUT2D eigenvalue weighted by molar-refractivity contribution is 0.294. The predicted octanol–water partition coefficient (Wildman–Crippen LogP) is 3.71. The summed E-state index contributed by atoms with van der Waals surface area (Å²) in [7, 11) is 0. The van der Waals surface area contributed by atoms with Gasteiger partial charge in [-0.15, -0.1) is 0 Å². The van der Waals surface area contributed by atoms with E-state index in [1.165, 1.54) is 30.0 Å². The fraction of sp³-hybridized carbons (Fsp3) is 0.300. The Labute approximate surface area is 165 Å². The first-order valence-electron chi connectivity index (χ1n) is 8.89. The topological polar surface area (TPSA) is 70.9 Å². The second-order valence-corrected chi connectivity index (χ2v) is 7.76. The Morgan fingerprint density at radius 2 is 1.93 bits per heavy atom. The first-order valence-corrected chi connectivity index (χ1v) is 9.70. The number of benzene rings is 1. The van der Waals surface area contributed by atoms with Crippen LogP contribution in [0.2, 0.25) is 0 Å². The molecule has 2 aromatic heterocycles. The highest BCUT2D eigenvalue weighted by Gasteiger charge is 2.21. The van der Waals surface area contributed by atoms with E-state index in [9.17, 15) is 18.7 Å². The Balaban J connectivity index is 2.08. The molecule has 0 fully saturated rings. The minimum Gasteiger partial charge on any atom is -0.396 e. The van der Waals surface area contributed by atoms with Gasteiger partial charge in [0.15, 0.2) is 0 Å². The minimum absolute atomic E-state index is 0.0706. The van der Waals surface area contributed by atoms with Crippen LogP contribution >= 0.6 is 11.8 Å². The van der Waals surface area contributed by atoms with Crippen molar-refractivity contribution < 1.29 is 13.9 Å². The minimum atomic E-state index is -0.643. The molecule has 0 bridgehead atoms.